The molecule has 4 rings (SSSR count). The third-order valence-electron chi connectivity index (χ3n) is 5.20. The number of carbonyl (C=O) groups excluding carboxylic acids is 1. The molecular formula is C21H23N3O4S3. The average molecular weight is 478 g/mol. The van der Waals surface area contributed by atoms with Crippen LogP contribution in [0.15, 0.2) is 34.2 Å². The SMILES string of the molecule is CCn1c(SCC(=O)c2ccc(NS(C)(=O)=O)cc2)nc2sc3c(c2c1=O)CCCC3. The zero-order chi connectivity index (χ0) is 22.2. The van der Waals surface area contributed by atoms with Gasteiger partial charge in [0.15, 0.2) is 10.9 Å². The summed E-state index contributed by atoms with van der Waals surface area (Å²) >= 11 is 2.87. The first-order valence-corrected chi connectivity index (χ1v) is 13.7. The Balaban J connectivity index is 1.56. The van der Waals surface area contributed by atoms with E-state index in [1.807, 2.05) is 6.92 Å². The topological polar surface area (TPSA) is 98.1 Å². The monoisotopic (exact) mass is 477 g/mol. The third kappa shape index (κ3) is 4.70. The van der Waals surface area contributed by atoms with Gasteiger partial charge in [0.2, 0.25) is 10.0 Å². The number of aromatic nitrogens is 2. The van der Waals surface area contributed by atoms with Crippen LogP contribution in [-0.2, 0) is 29.4 Å². The molecule has 10 heteroatoms. The molecule has 164 valence electrons. The van der Waals surface area contributed by atoms with Crippen molar-refractivity contribution in [3.05, 3.63) is 50.6 Å². The number of Topliss-reactive ketones (excluding diaryl/α,β-unsaturated/α-hetero) is 1. The highest BCUT2D eigenvalue weighted by atomic mass is 32.2. The molecule has 2 heterocycles. The van der Waals surface area contributed by atoms with E-state index in [-0.39, 0.29) is 17.1 Å². The Morgan fingerprint density at radius 3 is 2.61 bits per heavy atom. The molecule has 0 saturated heterocycles. The van der Waals surface area contributed by atoms with E-state index in [1.165, 1.54) is 22.2 Å². The van der Waals surface area contributed by atoms with Crippen LogP contribution >= 0.6 is 23.1 Å². The zero-order valence-electron chi connectivity index (χ0n) is 17.3. The van der Waals surface area contributed by atoms with E-state index < -0.39 is 10.0 Å². The van der Waals surface area contributed by atoms with E-state index in [9.17, 15) is 18.0 Å². The number of rotatable bonds is 7. The molecule has 31 heavy (non-hydrogen) atoms. The minimum atomic E-state index is -3.37. The molecule has 0 radical (unpaired) electrons. The van der Waals surface area contributed by atoms with E-state index in [4.69, 9.17) is 4.98 Å². The highest BCUT2D eigenvalue weighted by Crippen LogP contribution is 2.34. The van der Waals surface area contributed by atoms with Crippen LogP contribution in [-0.4, -0.2) is 35.8 Å². The van der Waals surface area contributed by atoms with Gasteiger partial charge in [0.1, 0.15) is 4.83 Å². The molecule has 0 fully saturated rings. The van der Waals surface area contributed by atoms with Crippen molar-refractivity contribution in [2.75, 3.05) is 16.7 Å². The van der Waals surface area contributed by atoms with Gasteiger partial charge in [-0.3, -0.25) is 18.9 Å². The second-order valence-corrected chi connectivity index (χ2v) is 11.3. The number of nitrogens with zero attached hydrogens (tertiary/aromatic N) is 2. The van der Waals surface area contributed by atoms with E-state index in [0.29, 0.717) is 23.0 Å². The van der Waals surface area contributed by atoms with E-state index in [2.05, 4.69) is 4.72 Å². The highest BCUT2D eigenvalue weighted by molar-refractivity contribution is 7.99. The number of ketones is 1. The summed E-state index contributed by atoms with van der Waals surface area (Å²) in [6, 6.07) is 6.29. The molecule has 0 atom stereocenters. The number of nitrogens with one attached hydrogen (secondary N) is 1. The van der Waals surface area contributed by atoms with Crippen LogP contribution in [0.2, 0.25) is 0 Å². The van der Waals surface area contributed by atoms with Crippen molar-refractivity contribution >= 4 is 54.8 Å². The molecule has 0 amide bonds. The lowest BCUT2D eigenvalue weighted by atomic mass is 9.97. The molecule has 0 saturated carbocycles. The number of hydrogen-bond acceptors (Lipinski definition) is 7. The largest absolute Gasteiger partial charge is 0.293 e. The average Bonchev–Trinajstić information content (AvgIpc) is 3.10. The van der Waals surface area contributed by atoms with Gasteiger partial charge in [-0.15, -0.1) is 11.3 Å². The molecule has 0 bridgehead atoms. The van der Waals surface area contributed by atoms with Gasteiger partial charge in [-0.2, -0.15) is 0 Å². The van der Waals surface area contributed by atoms with Crippen LogP contribution < -0.4 is 10.3 Å². The van der Waals surface area contributed by atoms with E-state index in [1.54, 1.807) is 40.2 Å². The minimum absolute atomic E-state index is 0.0157. The number of anilines is 1. The maximum absolute atomic E-state index is 13.2. The second-order valence-electron chi connectivity index (χ2n) is 7.50. The van der Waals surface area contributed by atoms with Gasteiger partial charge in [-0.1, -0.05) is 11.8 Å². The van der Waals surface area contributed by atoms with Crippen molar-refractivity contribution in [1.82, 2.24) is 9.55 Å². The first-order valence-electron chi connectivity index (χ1n) is 10.1. The Bertz CT molecular complexity index is 1310. The Hall–Kier alpha value is -2.17. The van der Waals surface area contributed by atoms with Gasteiger partial charge < -0.3 is 0 Å². The standard InChI is InChI=1S/C21H23N3O4S3/c1-3-24-20(26)18-15-6-4-5-7-17(15)30-19(18)22-21(24)29-12-16(25)13-8-10-14(11-9-13)23-31(2,27)28/h8-11,23H,3-7,12H2,1-2H3. The number of benzene rings is 1. The molecule has 0 spiro atoms. The Morgan fingerprint density at radius 2 is 1.94 bits per heavy atom. The number of carbonyl (C=O) groups is 1. The van der Waals surface area contributed by atoms with Gasteiger partial charge in [-0.05, 0) is 62.4 Å². The molecular weight excluding hydrogens is 454 g/mol. The maximum Gasteiger partial charge on any atom is 0.263 e. The fourth-order valence-corrected chi connectivity index (χ4v) is 6.58. The van der Waals surface area contributed by atoms with Gasteiger partial charge in [0.25, 0.3) is 5.56 Å². The highest BCUT2D eigenvalue weighted by Gasteiger charge is 2.22. The van der Waals surface area contributed by atoms with Crippen molar-refractivity contribution < 1.29 is 13.2 Å². The van der Waals surface area contributed by atoms with Crippen molar-refractivity contribution in [3.63, 3.8) is 0 Å². The summed E-state index contributed by atoms with van der Waals surface area (Å²) in [4.78, 5) is 32.6. The number of thioether (sulfide) groups is 1. The van der Waals surface area contributed by atoms with Crippen molar-refractivity contribution in [2.24, 2.45) is 0 Å². The van der Waals surface area contributed by atoms with Crippen LogP contribution in [0.3, 0.4) is 0 Å². The van der Waals surface area contributed by atoms with Crippen LogP contribution in [0.25, 0.3) is 10.2 Å². The number of aryl methyl sites for hydroxylation is 2. The van der Waals surface area contributed by atoms with E-state index >= 15 is 0 Å². The van der Waals surface area contributed by atoms with Gasteiger partial charge in [-0.25, -0.2) is 13.4 Å². The lowest BCUT2D eigenvalue weighted by Crippen LogP contribution is -2.23. The van der Waals surface area contributed by atoms with Crippen molar-refractivity contribution in [1.29, 1.82) is 0 Å². The number of hydrogen-bond donors (Lipinski definition) is 1. The van der Waals surface area contributed by atoms with Crippen LogP contribution in [0.5, 0.6) is 0 Å². The molecule has 3 aromatic rings. The fraction of sp³-hybridized carbons (Fsp3) is 0.381. The summed E-state index contributed by atoms with van der Waals surface area (Å²) in [6.07, 6.45) is 5.27. The van der Waals surface area contributed by atoms with Crippen LogP contribution in [0, 0.1) is 0 Å². The lowest BCUT2D eigenvalue weighted by Gasteiger charge is -2.12. The normalized spacial score (nSPS) is 13.9. The minimum Gasteiger partial charge on any atom is -0.293 e. The number of sulfonamides is 1. The number of fused-ring (bicyclic) bond motifs is 3. The van der Waals surface area contributed by atoms with E-state index in [0.717, 1.165) is 42.2 Å². The molecule has 1 aromatic carbocycles. The molecule has 2 aromatic heterocycles. The summed E-state index contributed by atoms with van der Waals surface area (Å²) in [7, 11) is -3.37. The molecule has 1 N–H and O–H groups in total. The summed E-state index contributed by atoms with van der Waals surface area (Å²) in [5.41, 5.74) is 2.03. The zero-order valence-corrected chi connectivity index (χ0v) is 19.8. The van der Waals surface area contributed by atoms with Gasteiger partial charge in [0.05, 0.1) is 17.4 Å². The molecule has 1 aliphatic carbocycles. The quantitative estimate of drug-likeness (QED) is 0.317. The van der Waals surface area contributed by atoms with Crippen LogP contribution in [0.1, 0.15) is 40.6 Å². The van der Waals surface area contributed by atoms with Gasteiger partial charge in [0, 0.05) is 22.7 Å². The summed E-state index contributed by atoms with van der Waals surface area (Å²) in [5, 5.41) is 1.31. The number of thiophene rings is 1. The van der Waals surface area contributed by atoms with Crippen LogP contribution in [0.4, 0.5) is 5.69 Å². The Kier molecular flexibility index (Phi) is 6.23. The Labute approximate surface area is 188 Å². The molecule has 7 nitrogen and oxygen atoms in total. The van der Waals surface area contributed by atoms with Crippen molar-refractivity contribution in [2.45, 2.75) is 44.3 Å². The summed E-state index contributed by atoms with van der Waals surface area (Å²) < 4.78 is 26.6. The first-order chi connectivity index (χ1) is 14.8. The maximum atomic E-state index is 13.2. The summed E-state index contributed by atoms with van der Waals surface area (Å²) in [6.45, 7) is 2.40. The smallest absolute Gasteiger partial charge is 0.263 e. The fourth-order valence-electron chi connectivity index (χ4n) is 3.76. The predicted octanol–water partition coefficient (Wildman–Crippen LogP) is 3.70. The van der Waals surface area contributed by atoms with Crippen molar-refractivity contribution in [3.8, 4) is 0 Å². The molecule has 0 unspecified atom stereocenters. The first kappa shape index (κ1) is 22.0. The molecule has 0 aliphatic heterocycles. The third-order valence-corrected chi connectivity index (χ3v) is 7.97. The Morgan fingerprint density at radius 1 is 1.23 bits per heavy atom. The summed E-state index contributed by atoms with van der Waals surface area (Å²) in [5.74, 6) is 0.0281. The lowest BCUT2D eigenvalue weighted by molar-refractivity contribution is 0.102. The predicted molar refractivity (Wildman–Crippen MR) is 126 cm³/mol. The second kappa shape index (κ2) is 8.76. The van der Waals surface area contributed by atoms with Gasteiger partial charge >= 0.3 is 0 Å². The molecule has 1 aliphatic rings.